The fraction of sp³-hybridized carbons (Fsp3) is 0.176. The quantitative estimate of drug-likeness (QED) is 0.734. The average Bonchev–Trinajstić information content (AvgIpc) is 2.49. The van der Waals surface area contributed by atoms with Gasteiger partial charge in [0.1, 0.15) is 11.5 Å². The van der Waals surface area contributed by atoms with Crippen molar-refractivity contribution in [1.29, 1.82) is 0 Å². The zero-order chi connectivity index (χ0) is 14.4. The van der Waals surface area contributed by atoms with Crippen LogP contribution in [0, 0.1) is 0 Å². The van der Waals surface area contributed by atoms with E-state index in [1.54, 1.807) is 7.11 Å². The fourth-order valence-electron chi connectivity index (χ4n) is 1.81. The van der Waals surface area contributed by atoms with Crippen molar-refractivity contribution in [2.45, 2.75) is 6.92 Å². The van der Waals surface area contributed by atoms with Crippen LogP contribution in [0.15, 0.2) is 48.5 Å². The normalized spacial score (nSPS) is 11.2. The predicted octanol–water partition coefficient (Wildman–Crippen LogP) is 4.83. The SMILES string of the molecule is CCOc1ccc(/C=C(/Cl)c2ccc(OC)cc2)cc1. The molecule has 0 atom stereocenters. The van der Waals surface area contributed by atoms with Crippen molar-refractivity contribution in [2.75, 3.05) is 13.7 Å². The van der Waals surface area contributed by atoms with Crippen molar-refractivity contribution in [2.24, 2.45) is 0 Å². The maximum absolute atomic E-state index is 6.33. The summed E-state index contributed by atoms with van der Waals surface area (Å²) in [4.78, 5) is 0. The fourth-order valence-corrected chi connectivity index (χ4v) is 2.06. The number of rotatable bonds is 5. The lowest BCUT2D eigenvalue weighted by Crippen LogP contribution is -1.90. The van der Waals surface area contributed by atoms with Gasteiger partial charge in [0.25, 0.3) is 0 Å². The first-order valence-corrected chi connectivity index (χ1v) is 6.85. The van der Waals surface area contributed by atoms with E-state index in [1.807, 2.05) is 61.5 Å². The minimum Gasteiger partial charge on any atom is -0.497 e. The summed E-state index contributed by atoms with van der Waals surface area (Å²) >= 11 is 6.33. The second-order valence-electron chi connectivity index (χ2n) is 4.22. The lowest BCUT2D eigenvalue weighted by molar-refractivity contribution is 0.340. The highest BCUT2D eigenvalue weighted by atomic mass is 35.5. The van der Waals surface area contributed by atoms with Gasteiger partial charge in [-0.2, -0.15) is 0 Å². The smallest absolute Gasteiger partial charge is 0.119 e. The minimum absolute atomic E-state index is 0.668. The van der Waals surface area contributed by atoms with Gasteiger partial charge in [-0.1, -0.05) is 23.7 Å². The second kappa shape index (κ2) is 7.01. The Kier molecular flexibility index (Phi) is 5.08. The Bertz CT molecular complexity index is 571. The summed E-state index contributed by atoms with van der Waals surface area (Å²) in [6, 6.07) is 15.5. The van der Waals surface area contributed by atoms with E-state index in [9.17, 15) is 0 Å². The molecule has 0 fully saturated rings. The van der Waals surface area contributed by atoms with E-state index in [1.165, 1.54) is 0 Å². The Morgan fingerprint density at radius 2 is 1.60 bits per heavy atom. The summed E-state index contributed by atoms with van der Waals surface area (Å²) in [7, 11) is 1.65. The van der Waals surface area contributed by atoms with Gasteiger partial charge in [0.05, 0.1) is 13.7 Å². The number of hydrogen-bond acceptors (Lipinski definition) is 2. The first-order chi connectivity index (χ1) is 9.72. The largest absolute Gasteiger partial charge is 0.497 e. The molecule has 0 aliphatic heterocycles. The maximum atomic E-state index is 6.33. The molecule has 0 aliphatic rings. The van der Waals surface area contributed by atoms with Gasteiger partial charge in [-0.15, -0.1) is 0 Å². The summed E-state index contributed by atoms with van der Waals surface area (Å²) in [5.41, 5.74) is 2.00. The molecule has 20 heavy (non-hydrogen) atoms. The van der Waals surface area contributed by atoms with Crippen LogP contribution < -0.4 is 9.47 Å². The van der Waals surface area contributed by atoms with Crippen LogP contribution in [0.4, 0.5) is 0 Å². The van der Waals surface area contributed by atoms with Gasteiger partial charge in [-0.3, -0.25) is 0 Å². The number of hydrogen-bond donors (Lipinski definition) is 0. The third kappa shape index (κ3) is 3.78. The van der Waals surface area contributed by atoms with Crippen LogP contribution in [0.25, 0.3) is 11.1 Å². The van der Waals surface area contributed by atoms with Crippen LogP contribution in [0.2, 0.25) is 0 Å². The average molecular weight is 289 g/mol. The molecule has 0 unspecified atom stereocenters. The number of methoxy groups -OCH3 is 1. The molecule has 2 rings (SSSR count). The van der Waals surface area contributed by atoms with Crippen LogP contribution in [-0.4, -0.2) is 13.7 Å². The Labute approximate surface area is 124 Å². The molecule has 0 N–H and O–H groups in total. The molecule has 0 amide bonds. The Morgan fingerprint density at radius 1 is 1.00 bits per heavy atom. The molecule has 0 spiro atoms. The molecule has 2 aromatic rings. The van der Waals surface area contributed by atoms with E-state index in [0.29, 0.717) is 11.6 Å². The van der Waals surface area contributed by atoms with Crippen molar-refractivity contribution >= 4 is 22.7 Å². The molecule has 0 saturated carbocycles. The summed E-state index contributed by atoms with van der Waals surface area (Å²) in [6.45, 7) is 2.64. The van der Waals surface area contributed by atoms with Gasteiger partial charge in [0.15, 0.2) is 0 Å². The van der Waals surface area contributed by atoms with Crippen molar-refractivity contribution in [3.63, 3.8) is 0 Å². The minimum atomic E-state index is 0.668. The maximum Gasteiger partial charge on any atom is 0.119 e. The van der Waals surface area contributed by atoms with E-state index in [-0.39, 0.29) is 0 Å². The zero-order valence-electron chi connectivity index (χ0n) is 11.6. The first-order valence-electron chi connectivity index (χ1n) is 6.47. The van der Waals surface area contributed by atoms with Crippen molar-refractivity contribution in [3.8, 4) is 11.5 Å². The summed E-state index contributed by atoms with van der Waals surface area (Å²) < 4.78 is 10.5. The number of halogens is 1. The third-order valence-corrected chi connectivity index (χ3v) is 3.18. The van der Waals surface area contributed by atoms with Crippen molar-refractivity contribution in [1.82, 2.24) is 0 Å². The number of ether oxygens (including phenoxy) is 2. The lowest BCUT2D eigenvalue weighted by Gasteiger charge is -2.04. The molecule has 0 heterocycles. The van der Waals surface area contributed by atoms with Crippen LogP contribution >= 0.6 is 11.6 Å². The molecule has 0 aliphatic carbocycles. The van der Waals surface area contributed by atoms with Crippen LogP contribution in [0.3, 0.4) is 0 Å². The van der Waals surface area contributed by atoms with Gasteiger partial charge in [-0.25, -0.2) is 0 Å². The van der Waals surface area contributed by atoms with Crippen molar-refractivity contribution < 1.29 is 9.47 Å². The molecule has 104 valence electrons. The summed E-state index contributed by atoms with van der Waals surface area (Å²) in [6.07, 6.45) is 1.93. The van der Waals surface area contributed by atoms with E-state index in [2.05, 4.69) is 0 Å². The highest BCUT2D eigenvalue weighted by Gasteiger charge is 2.00. The molecular formula is C17H17ClO2. The molecule has 0 aromatic heterocycles. The molecule has 2 aromatic carbocycles. The molecule has 0 bridgehead atoms. The Balaban J connectivity index is 2.15. The van der Waals surface area contributed by atoms with Gasteiger partial charge in [-0.05, 0) is 60.5 Å². The van der Waals surface area contributed by atoms with E-state index < -0.39 is 0 Å². The van der Waals surface area contributed by atoms with Gasteiger partial charge < -0.3 is 9.47 Å². The highest BCUT2D eigenvalue weighted by molar-refractivity contribution is 6.51. The van der Waals surface area contributed by atoms with E-state index in [4.69, 9.17) is 21.1 Å². The zero-order valence-corrected chi connectivity index (χ0v) is 12.4. The molecule has 3 heteroatoms. The third-order valence-electron chi connectivity index (χ3n) is 2.85. The number of benzene rings is 2. The predicted molar refractivity (Wildman–Crippen MR) is 84.3 cm³/mol. The monoisotopic (exact) mass is 288 g/mol. The van der Waals surface area contributed by atoms with Crippen molar-refractivity contribution in [3.05, 3.63) is 59.7 Å². The summed E-state index contributed by atoms with van der Waals surface area (Å²) in [5, 5.41) is 0.691. The summed E-state index contributed by atoms with van der Waals surface area (Å²) in [5.74, 6) is 1.68. The standard InChI is InChI=1S/C17H17ClO2/c1-3-20-16-8-4-13(5-9-16)12-17(18)14-6-10-15(19-2)11-7-14/h4-12H,3H2,1-2H3/b17-12+. The van der Waals surface area contributed by atoms with Crippen LogP contribution in [0.5, 0.6) is 11.5 Å². The Morgan fingerprint density at radius 3 is 2.15 bits per heavy atom. The highest BCUT2D eigenvalue weighted by Crippen LogP contribution is 2.25. The van der Waals surface area contributed by atoms with Crippen LogP contribution in [0.1, 0.15) is 18.1 Å². The topological polar surface area (TPSA) is 18.5 Å². The van der Waals surface area contributed by atoms with Gasteiger partial charge in [0.2, 0.25) is 0 Å². The molecule has 2 nitrogen and oxygen atoms in total. The second-order valence-corrected chi connectivity index (χ2v) is 4.63. The van der Waals surface area contributed by atoms with Gasteiger partial charge >= 0.3 is 0 Å². The van der Waals surface area contributed by atoms with Crippen LogP contribution in [-0.2, 0) is 0 Å². The van der Waals surface area contributed by atoms with E-state index in [0.717, 1.165) is 22.6 Å². The molecule has 0 saturated heterocycles. The van der Waals surface area contributed by atoms with Gasteiger partial charge in [0, 0.05) is 5.03 Å². The first kappa shape index (κ1) is 14.5. The molecule has 0 radical (unpaired) electrons. The lowest BCUT2D eigenvalue weighted by atomic mass is 10.1. The Hall–Kier alpha value is -1.93. The van der Waals surface area contributed by atoms with E-state index >= 15 is 0 Å². The molecular weight excluding hydrogens is 272 g/mol.